The molecule has 1 fully saturated rings. The SMILES string of the molecule is CC1=C(C(=O)OC2CCCC2)C(c2cccc(NS(C)(=O)=O)c2)C2=C(CC(c3ccc4c(c3)OCO4)CC2=O)N1. The van der Waals surface area contributed by atoms with Crippen LogP contribution < -0.4 is 19.5 Å². The van der Waals surface area contributed by atoms with Crippen LogP contribution in [0.25, 0.3) is 0 Å². The van der Waals surface area contributed by atoms with Crippen molar-refractivity contribution in [1.82, 2.24) is 5.32 Å². The van der Waals surface area contributed by atoms with E-state index < -0.39 is 21.9 Å². The smallest absolute Gasteiger partial charge is 0.337 e. The molecular weight excluding hydrogens is 532 g/mol. The molecule has 0 aromatic heterocycles. The number of nitrogens with one attached hydrogen (secondary N) is 2. The first-order chi connectivity index (χ1) is 19.2. The molecule has 10 heteroatoms. The number of ether oxygens (including phenoxy) is 3. The van der Waals surface area contributed by atoms with Crippen LogP contribution in [0.3, 0.4) is 0 Å². The predicted molar refractivity (Wildman–Crippen MR) is 148 cm³/mol. The Labute approximate surface area is 233 Å². The monoisotopic (exact) mass is 564 g/mol. The maximum atomic E-state index is 13.9. The molecular formula is C30H32N2O7S. The van der Waals surface area contributed by atoms with E-state index in [9.17, 15) is 18.0 Å². The summed E-state index contributed by atoms with van der Waals surface area (Å²) in [6.45, 7) is 2.01. The van der Waals surface area contributed by atoms with Crippen LogP contribution in [0.2, 0.25) is 0 Å². The number of benzene rings is 2. The van der Waals surface area contributed by atoms with Crippen LogP contribution in [0.15, 0.2) is 65.0 Å². The van der Waals surface area contributed by atoms with E-state index in [-0.39, 0.29) is 31.0 Å². The van der Waals surface area contributed by atoms with Crippen LogP contribution in [0, 0.1) is 0 Å². The molecule has 1 saturated carbocycles. The summed E-state index contributed by atoms with van der Waals surface area (Å²) >= 11 is 0. The van der Waals surface area contributed by atoms with Gasteiger partial charge in [0.1, 0.15) is 6.10 Å². The van der Waals surface area contributed by atoms with Crippen molar-refractivity contribution in [2.45, 2.75) is 63.4 Å². The second-order valence-corrected chi connectivity index (χ2v) is 12.7. The van der Waals surface area contributed by atoms with Crippen LogP contribution >= 0.6 is 0 Å². The van der Waals surface area contributed by atoms with Crippen LogP contribution in [0.5, 0.6) is 11.5 Å². The number of hydrogen-bond donors (Lipinski definition) is 2. The topological polar surface area (TPSA) is 120 Å². The van der Waals surface area contributed by atoms with E-state index in [4.69, 9.17) is 14.2 Å². The third kappa shape index (κ3) is 5.20. The normalized spacial score (nSPS) is 22.7. The summed E-state index contributed by atoms with van der Waals surface area (Å²) in [4.78, 5) is 27.6. The van der Waals surface area contributed by atoms with Gasteiger partial charge in [0.25, 0.3) is 0 Å². The predicted octanol–water partition coefficient (Wildman–Crippen LogP) is 4.63. The van der Waals surface area contributed by atoms with Gasteiger partial charge in [-0.05, 0) is 80.3 Å². The lowest BCUT2D eigenvalue weighted by Gasteiger charge is -2.37. The Balaban J connectivity index is 1.39. The second-order valence-electron chi connectivity index (χ2n) is 10.9. The number of anilines is 1. The molecule has 2 aliphatic heterocycles. The minimum atomic E-state index is -3.52. The van der Waals surface area contributed by atoms with Gasteiger partial charge in [0.05, 0.1) is 11.8 Å². The van der Waals surface area contributed by atoms with Crippen molar-refractivity contribution in [3.8, 4) is 11.5 Å². The van der Waals surface area contributed by atoms with Gasteiger partial charge in [0.2, 0.25) is 16.8 Å². The average molecular weight is 565 g/mol. The highest BCUT2D eigenvalue weighted by Gasteiger charge is 2.42. The number of ketones is 1. The lowest BCUT2D eigenvalue weighted by Crippen LogP contribution is -2.36. The van der Waals surface area contributed by atoms with Gasteiger partial charge >= 0.3 is 5.97 Å². The Morgan fingerprint density at radius 3 is 2.58 bits per heavy atom. The number of Topliss-reactive ketones (excluding diaryl/α,β-unsaturated/α-hetero) is 1. The molecule has 0 bridgehead atoms. The van der Waals surface area contributed by atoms with E-state index in [2.05, 4.69) is 10.0 Å². The molecule has 9 nitrogen and oxygen atoms in total. The minimum absolute atomic E-state index is 0.0680. The molecule has 2 aromatic rings. The van der Waals surface area contributed by atoms with Crippen LogP contribution in [0.4, 0.5) is 5.69 Å². The summed E-state index contributed by atoms with van der Waals surface area (Å²) in [5.41, 5.74) is 4.30. The van der Waals surface area contributed by atoms with Gasteiger partial charge in [-0.15, -0.1) is 0 Å². The Bertz CT molecular complexity index is 1550. The molecule has 0 spiro atoms. The molecule has 4 aliphatic rings. The minimum Gasteiger partial charge on any atom is -0.459 e. The number of rotatable bonds is 6. The van der Waals surface area contributed by atoms with Crippen LogP contribution in [-0.4, -0.2) is 39.3 Å². The Kier molecular flexibility index (Phi) is 6.82. The Morgan fingerprint density at radius 1 is 1.02 bits per heavy atom. The van der Waals surface area contributed by atoms with Gasteiger partial charge < -0.3 is 19.5 Å². The molecule has 2 aromatic carbocycles. The lowest BCUT2D eigenvalue weighted by atomic mass is 9.71. The van der Waals surface area contributed by atoms with Gasteiger partial charge in [0.15, 0.2) is 17.3 Å². The van der Waals surface area contributed by atoms with Gasteiger partial charge in [-0.1, -0.05) is 18.2 Å². The number of allylic oxidation sites excluding steroid dienone is 3. The number of esters is 1. The zero-order chi connectivity index (χ0) is 28.0. The van der Waals surface area contributed by atoms with E-state index in [1.807, 2.05) is 31.2 Å². The van der Waals surface area contributed by atoms with Gasteiger partial charge in [-0.25, -0.2) is 13.2 Å². The van der Waals surface area contributed by atoms with Crippen molar-refractivity contribution in [2.24, 2.45) is 0 Å². The number of hydrogen-bond acceptors (Lipinski definition) is 8. The van der Waals surface area contributed by atoms with E-state index in [1.165, 1.54) is 0 Å². The molecule has 2 atom stereocenters. The fourth-order valence-corrected chi connectivity index (χ4v) is 6.82. The largest absolute Gasteiger partial charge is 0.459 e. The van der Waals surface area contributed by atoms with Crippen LogP contribution in [0.1, 0.15) is 68.4 Å². The summed E-state index contributed by atoms with van der Waals surface area (Å²) < 4.78 is 43.3. The summed E-state index contributed by atoms with van der Waals surface area (Å²) in [6.07, 6.45) is 5.47. The number of dihydropyridines is 1. The third-order valence-corrected chi connectivity index (χ3v) is 8.62. The highest BCUT2D eigenvalue weighted by atomic mass is 32.2. The number of sulfonamides is 1. The van der Waals surface area contributed by atoms with Crippen LogP contribution in [-0.2, 0) is 24.3 Å². The zero-order valence-corrected chi connectivity index (χ0v) is 23.3. The number of carbonyl (C=O) groups is 2. The number of fused-ring (bicyclic) bond motifs is 1. The first-order valence-corrected chi connectivity index (χ1v) is 15.5. The van der Waals surface area contributed by atoms with Gasteiger partial charge in [0, 0.05) is 35.0 Å². The third-order valence-electron chi connectivity index (χ3n) is 8.01. The second kappa shape index (κ2) is 10.3. The highest BCUT2D eigenvalue weighted by Crippen LogP contribution is 2.47. The summed E-state index contributed by atoms with van der Waals surface area (Å²) in [5.74, 6) is 0.0848. The van der Waals surface area contributed by atoms with E-state index in [0.717, 1.165) is 43.2 Å². The van der Waals surface area contributed by atoms with Crippen molar-refractivity contribution in [3.05, 3.63) is 76.1 Å². The summed E-state index contributed by atoms with van der Waals surface area (Å²) in [7, 11) is -3.52. The maximum Gasteiger partial charge on any atom is 0.337 e. The van der Waals surface area contributed by atoms with Crippen molar-refractivity contribution in [2.75, 3.05) is 17.8 Å². The van der Waals surface area contributed by atoms with Crippen molar-refractivity contribution in [3.63, 3.8) is 0 Å². The van der Waals surface area contributed by atoms with E-state index >= 15 is 0 Å². The Hall–Kier alpha value is -3.79. The fourth-order valence-electron chi connectivity index (χ4n) is 6.26. The molecule has 2 aliphatic carbocycles. The quantitative estimate of drug-likeness (QED) is 0.487. The highest BCUT2D eigenvalue weighted by molar-refractivity contribution is 7.92. The summed E-state index contributed by atoms with van der Waals surface area (Å²) in [5, 5.41) is 3.38. The molecule has 2 unspecified atom stereocenters. The molecule has 0 radical (unpaired) electrons. The molecule has 210 valence electrons. The Morgan fingerprint density at radius 2 is 1.80 bits per heavy atom. The molecule has 40 heavy (non-hydrogen) atoms. The molecule has 2 heterocycles. The van der Waals surface area contributed by atoms with Crippen molar-refractivity contribution >= 4 is 27.5 Å². The summed E-state index contributed by atoms with van der Waals surface area (Å²) in [6, 6.07) is 12.6. The van der Waals surface area contributed by atoms with Crippen molar-refractivity contribution in [1.29, 1.82) is 0 Å². The first kappa shape index (κ1) is 26.4. The van der Waals surface area contributed by atoms with Gasteiger partial charge in [-0.2, -0.15) is 0 Å². The lowest BCUT2D eigenvalue weighted by molar-refractivity contribution is -0.144. The fraction of sp³-hybridized carbons (Fsp3) is 0.400. The molecule has 6 rings (SSSR count). The maximum absolute atomic E-state index is 13.9. The number of carbonyl (C=O) groups excluding carboxylic acids is 2. The van der Waals surface area contributed by atoms with E-state index in [0.29, 0.717) is 46.0 Å². The van der Waals surface area contributed by atoms with E-state index in [1.54, 1.807) is 18.2 Å². The first-order valence-electron chi connectivity index (χ1n) is 13.6. The molecule has 0 amide bonds. The van der Waals surface area contributed by atoms with Crippen molar-refractivity contribution < 1.29 is 32.2 Å². The zero-order valence-electron chi connectivity index (χ0n) is 22.5. The molecule has 0 saturated heterocycles. The van der Waals surface area contributed by atoms with Gasteiger partial charge in [-0.3, -0.25) is 9.52 Å². The standard InChI is InChI=1S/C30H32N2O7S/c1-17-27(30(34)39-22-8-3-4-9-22)28(19-6-5-7-21(12-19)32-40(2,35)36)29-23(31-17)13-20(14-24(29)33)18-10-11-25-26(15-18)38-16-37-25/h5-7,10-12,15,20,22,28,31-32H,3-4,8-9,13-14,16H2,1-2H3. The molecule has 2 N–H and O–H groups in total. The average Bonchev–Trinajstić information content (AvgIpc) is 3.58.